The number of hydrogen-bond acceptors (Lipinski definition) is 2. The number of fused-ring (bicyclic) bond motifs is 1. The Bertz CT molecular complexity index is 223. The molecule has 1 atom stereocenters. The highest BCUT2D eigenvalue weighted by Crippen LogP contribution is 2.30. The van der Waals surface area contributed by atoms with Crippen LogP contribution in [-0.2, 0) is 0 Å². The van der Waals surface area contributed by atoms with E-state index in [1.165, 1.54) is 0 Å². The van der Waals surface area contributed by atoms with Gasteiger partial charge < -0.3 is 10.1 Å². The lowest BCUT2D eigenvalue weighted by atomic mass is 10.3. The van der Waals surface area contributed by atoms with Crippen molar-refractivity contribution in [3.05, 3.63) is 24.3 Å². The van der Waals surface area contributed by atoms with Crippen molar-refractivity contribution in [3.63, 3.8) is 0 Å². The van der Waals surface area contributed by atoms with Gasteiger partial charge in [0.05, 0.1) is 5.69 Å². The van der Waals surface area contributed by atoms with Crippen LogP contribution in [0, 0.1) is 0 Å². The van der Waals surface area contributed by atoms with Crippen LogP contribution in [0.5, 0.6) is 5.75 Å². The molecule has 1 aliphatic heterocycles. The lowest BCUT2D eigenvalue weighted by Gasteiger charge is -2.00. The van der Waals surface area contributed by atoms with Gasteiger partial charge in [-0.05, 0) is 19.1 Å². The number of anilines is 1. The number of ether oxygens (including phenoxy) is 1. The van der Waals surface area contributed by atoms with Gasteiger partial charge in [-0.25, -0.2) is 0 Å². The minimum atomic E-state index is 0.123. The number of para-hydroxylation sites is 2. The van der Waals surface area contributed by atoms with Gasteiger partial charge in [0.2, 0.25) is 0 Å². The maximum Gasteiger partial charge on any atom is 0.167 e. The van der Waals surface area contributed by atoms with Gasteiger partial charge in [-0.15, -0.1) is 0 Å². The highest BCUT2D eigenvalue weighted by molar-refractivity contribution is 5.59. The summed E-state index contributed by atoms with van der Waals surface area (Å²) in [5.41, 5.74) is 1.09. The van der Waals surface area contributed by atoms with Gasteiger partial charge in [-0.2, -0.15) is 0 Å². The average Bonchev–Trinajstić information content (AvgIpc) is 2.76. The zero-order valence-corrected chi connectivity index (χ0v) is 11.8. The van der Waals surface area contributed by atoms with Crippen LogP contribution in [0.2, 0.25) is 0 Å². The monoisotopic (exact) mass is 225 g/mol. The van der Waals surface area contributed by atoms with Crippen molar-refractivity contribution < 1.29 is 4.74 Å². The molecule has 16 heavy (non-hydrogen) atoms. The van der Waals surface area contributed by atoms with Crippen molar-refractivity contribution in [2.45, 2.75) is 54.7 Å². The molecule has 2 rings (SSSR count). The standard InChI is InChI=1S/C8H9NO.3C2H6/c1-6-9-7-4-2-3-5-8(7)10-6;3*1-2/h2-6,9H,1H3;3*1-2H3. The van der Waals surface area contributed by atoms with E-state index in [4.69, 9.17) is 4.74 Å². The number of hydrogen-bond donors (Lipinski definition) is 1. The van der Waals surface area contributed by atoms with Crippen molar-refractivity contribution in [1.82, 2.24) is 0 Å². The normalized spacial score (nSPS) is 14.3. The molecule has 1 aromatic rings. The molecule has 0 aromatic heterocycles. The Hall–Kier alpha value is -1.18. The summed E-state index contributed by atoms with van der Waals surface area (Å²) >= 11 is 0. The molecular weight excluding hydrogens is 198 g/mol. The van der Waals surface area contributed by atoms with E-state index in [9.17, 15) is 0 Å². The molecular formula is C14H27NO. The lowest BCUT2D eigenvalue weighted by molar-refractivity contribution is 0.275. The molecule has 0 saturated carbocycles. The number of rotatable bonds is 0. The van der Waals surface area contributed by atoms with Crippen LogP contribution in [0.1, 0.15) is 48.5 Å². The molecule has 1 unspecified atom stereocenters. The molecule has 1 heterocycles. The zero-order valence-electron chi connectivity index (χ0n) is 11.8. The number of benzene rings is 1. The molecule has 0 bridgehead atoms. The predicted molar refractivity (Wildman–Crippen MR) is 74.2 cm³/mol. The molecule has 1 aliphatic rings. The Labute approximate surface area is 101 Å². The highest BCUT2D eigenvalue weighted by atomic mass is 16.5. The van der Waals surface area contributed by atoms with Gasteiger partial charge in [0.25, 0.3) is 0 Å². The van der Waals surface area contributed by atoms with Gasteiger partial charge in [-0.3, -0.25) is 0 Å². The first-order valence-corrected chi connectivity index (χ1v) is 6.38. The number of nitrogens with one attached hydrogen (secondary N) is 1. The summed E-state index contributed by atoms with van der Waals surface area (Å²) < 4.78 is 5.40. The first kappa shape index (κ1) is 17.2. The lowest BCUT2D eigenvalue weighted by Crippen LogP contribution is -2.13. The SMILES string of the molecule is CC.CC.CC.CC1Nc2ccccc2O1. The minimum absolute atomic E-state index is 0.123. The molecule has 2 heteroatoms. The van der Waals surface area contributed by atoms with Crippen LogP contribution in [0.15, 0.2) is 24.3 Å². The van der Waals surface area contributed by atoms with Crippen molar-refractivity contribution in [1.29, 1.82) is 0 Å². The van der Waals surface area contributed by atoms with Crippen LogP contribution in [-0.4, -0.2) is 6.23 Å². The van der Waals surface area contributed by atoms with Gasteiger partial charge in [0.1, 0.15) is 5.75 Å². The zero-order chi connectivity index (χ0) is 13.0. The second-order valence-electron chi connectivity index (χ2n) is 2.40. The molecule has 1 N–H and O–H groups in total. The smallest absolute Gasteiger partial charge is 0.167 e. The second-order valence-corrected chi connectivity index (χ2v) is 2.40. The van der Waals surface area contributed by atoms with E-state index in [0.29, 0.717) is 0 Å². The van der Waals surface area contributed by atoms with E-state index in [0.717, 1.165) is 11.4 Å². The molecule has 0 saturated heterocycles. The van der Waals surface area contributed by atoms with Crippen molar-refractivity contribution in [2.24, 2.45) is 0 Å². The maximum absolute atomic E-state index is 5.40. The van der Waals surface area contributed by atoms with E-state index >= 15 is 0 Å². The van der Waals surface area contributed by atoms with Gasteiger partial charge >= 0.3 is 0 Å². The van der Waals surface area contributed by atoms with E-state index in [1.807, 2.05) is 72.7 Å². The summed E-state index contributed by atoms with van der Waals surface area (Å²) in [6.45, 7) is 14.0. The summed E-state index contributed by atoms with van der Waals surface area (Å²) in [6.07, 6.45) is 0.123. The first-order valence-electron chi connectivity index (χ1n) is 6.38. The molecule has 0 aliphatic carbocycles. The third kappa shape index (κ3) is 5.64. The first-order chi connectivity index (χ1) is 7.86. The fourth-order valence-electron chi connectivity index (χ4n) is 1.13. The van der Waals surface area contributed by atoms with E-state index in [-0.39, 0.29) is 6.23 Å². The third-order valence-corrected chi connectivity index (χ3v) is 1.55. The van der Waals surface area contributed by atoms with Crippen molar-refractivity contribution in [2.75, 3.05) is 5.32 Å². The summed E-state index contributed by atoms with van der Waals surface area (Å²) in [5, 5.41) is 3.18. The molecule has 0 amide bonds. The fourth-order valence-corrected chi connectivity index (χ4v) is 1.13. The van der Waals surface area contributed by atoms with Crippen LogP contribution in [0.25, 0.3) is 0 Å². The largest absolute Gasteiger partial charge is 0.469 e. The van der Waals surface area contributed by atoms with Crippen LogP contribution < -0.4 is 10.1 Å². The van der Waals surface area contributed by atoms with E-state index in [1.54, 1.807) is 0 Å². The van der Waals surface area contributed by atoms with E-state index < -0.39 is 0 Å². The quantitative estimate of drug-likeness (QED) is 0.677. The average molecular weight is 225 g/mol. The Morgan fingerprint density at radius 3 is 1.94 bits per heavy atom. The molecule has 0 radical (unpaired) electrons. The van der Waals surface area contributed by atoms with Crippen LogP contribution in [0.4, 0.5) is 5.69 Å². The predicted octanol–water partition coefficient (Wildman–Crippen LogP) is 4.92. The summed E-state index contributed by atoms with van der Waals surface area (Å²) in [4.78, 5) is 0. The third-order valence-electron chi connectivity index (χ3n) is 1.55. The topological polar surface area (TPSA) is 21.3 Å². The van der Waals surface area contributed by atoms with Crippen molar-refractivity contribution in [3.8, 4) is 5.75 Å². The van der Waals surface area contributed by atoms with Gasteiger partial charge in [-0.1, -0.05) is 53.7 Å². The molecule has 0 spiro atoms. The molecule has 94 valence electrons. The second kappa shape index (κ2) is 11.9. The Balaban J connectivity index is 0. The highest BCUT2D eigenvalue weighted by Gasteiger charge is 2.15. The fraction of sp³-hybridized carbons (Fsp3) is 0.571. The summed E-state index contributed by atoms with van der Waals surface area (Å²) in [5.74, 6) is 0.954. The minimum Gasteiger partial charge on any atom is -0.469 e. The Morgan fingerprint density at radius 2 is 1.44 bits per heavy atom. The Morgan fingerprint density at radius 1 is 0.938 bits per heavy atom. The molecule has 1 aromatic carbocycles. The van der Waals surface area contributed by atoms with Crippen LogP contribution in [0.3, 0.4) is 0 Å². The maximum atomic E-state index is 5.40. The summed E-state index contributed by atoms with van der Waals surface area (Å²) in [7, 11) is 0. The van der Waals surface area contributed by atoms with Gasteiger partial charge in [0.15, 0.2) is 6.23 Å². The van der Waals surface area contributed by atoms with Gasteiger partial charge in [0, 0.05) is 0 Å². The molecule has 0 fully saturated rings. The molecule has 2 nitrogen and oxygen atoms in total. The summed E-state index contributed by atoms with van der Waals surface area (Å²) in [6, 6.07) is 7.94. The van der Waals surface area contributed by atoms with Crippen molar-refractivity contribution >= 4 is 5.69 Å². The Kier molecular flexibility index (Phi) is 12.8. The van der Waals surface area contributed by atoms with E-state index in [2.05, 4.69) is 5.32 Å². The van der Waals surface area contributed by atoms with Crippen LogP contribution >= 0.6 is 0 Å².